The summed E-state index contributed by atoms with van der Waals surface area (Å²) in [6, 6.07) is 0. The lowest BCUT2D eigenvalue weighted by atomic mass is 9.97. The molecule has 16 heavy (non-hydrogen) atoms. The smallest absolute Gasteiger partial charge is 0.0518 e. The molecule has 0 unspecified atom stereocenters. The molecule has 1 fully saturated rings. The van der Waals surface area contributed by atoms with Crippen molar-refractivity contribution >= 4 is 0 Å². The van der Waals surface area contributed by atoms with Gasteiger partial charge in [0.05, 0.1) is 6.20 Å². The maximum Gasteiger partial charge on any atom is 0.0518 e. The van der Waals surface area contributed by atoms with E-state index in [0.717, 1.165) is 25.6 Å². The Balaban J connectivity index is 1.77. The molecule has 0 atom stereocenters. The number of nitrogens with two attached hydrogens (primary N) is 1. The predicted octanol–water partition coefficient (Wildman–Crippen LogP) is 0.862. The van der Waals surface area contributed by atoms with Crippen molar-refractivity contribution in [1.29, 1.82) is 0 Å². The van der Waals surface area contributed by atoms with Crippen LogP contribution >= 0.6 is 0 Å². The van der Waals surface area contributed by atoms with Crippen LogP contribution in [0.15, 0.2) is 12.4 Å². The fourth-order valence-corrected chi connectivity index (χ4v) is 2.41. The van der Waals surface area contributed by atoms with Gasteiger partial charge < -0.3 is 10.6 Å². The van der Waals surface area contributed by atoms with Crippen molar-refractivity contribution in [3.05, 3.63) is 18.0 Å². The molecule has 4 nitrogen and oxygen atoms in total. The van der Waals surface area contributed by atoms with Crippen LogP contribution < -0.4 is 5.73 Å². The van der Waals surface area contributed by atoms with Crippen molar-refractivity contribution in [3.8, 4) is 0 Å². The van der Waals surface area contributed by atoms with Crippen molar-refractivity contribution in [2.24, 2.45) is 11.7 Å². The Bertz CT molecular complexity index is 313. The zero-order valence-corrected chi connectivity index (χ0v) is 10.1. The molecule has 2 heterocycles. The van der Waals surface area contributed by atoms with E-state index in [1.165, 1.54) is 31.5 Å². The maximum absolute atomic E-state index is 5.56. The number of aromatic nitrogens is 2. The summed E-state index contributed by atoms with van der Waals surface area (Å²) in [5.41, 5.74) is 6.82. The topological polar surface area (TPSA) is 47.1 Å². The van der Waals surface area contributed by atoms with Gasteiger partial charge in [-0.1, -0.05) is 0 Å². The van der Waals surface area contributed by atoms with Crippen LogP contribution in [-0.4, -0.2) is 40.9 Å². The zero-order chi connectivity index (χ0) is 11.4. The average molecular weight is 222 g/mol. The third kappa shape index (κ3) is 3.06. The molecule has 1 aliphatic rings. The Hall–Kier alpha value is -0.870. The lowest BCUT2D eigenvalue weighted by Crippen LogP contribution is -2.38. The molecule has 0 saturated carbocycles. The Kier molecular flexibility index (Phi) is 3.96. The lowest BCUT2D eigenvalue weighted by Gasteiger charge is -2.31. The molecule has 1 saturated heterocycles. The molecular formula is C12H22N4. The van der Waals surface area contributed by atoms with Crippen molar-refractivity contribution in [2.75, 3.05) is 26.2 Å². The first-order chi connectivity index (χ1) is 7.78. The summed E-state index contributed by atoms with van der Waals surface area (Å²) in [6.45, 7) is 7.39. The molecular weight excluding hydrogens is 200 g/mol. The summed E-state index contributed by atoms with van der Waals surface area (Å²) in [4.78, 5) is 2.46. The van der Waals surface area contributed by atoms with Crippen LogP contribution in [-0.2, 0) is 6.54 Å². The van der Waals surface area contributed by atoms with Gasteiger partial charge in [0, 0.05) is 25.8 Å². The molecule has 1 aromatic rings. The molecule has 4 heteroatoms. The molecule has 0 aliphatic carbocycles. The standard InChI is InChI=1S/C12H22N4/c1-11-8-14-16(9-11)10-12-2-5-15(6-3-12)7-4-13/h8-9,12H,2-7,10,13H2,1H3. The lowest BCUT2D eigenvalue weighted by molar-refractivity contribution is 0.175. The summed E-state index contributed by atoms with van der Waals surface area (Å²) in [5, 5.41) is 4.35. The summed E-state index contributed by atoms with van der Waals surface area (Å²) in [7, 11) is 0. The Morgan fingerprint density at radius 2 is 2.19 bits per heavy atom. The van der Waals surface area contributed by atoms with Crippen molar-refractivity contribution in [3.63, 3.8) is 0 Å². The summed E-state index contributed by atoms with van der Waals surface area (Å²) in [5.74, 6) is 0.785. The molecule has 1 aliphatic heterocycles. The van der Waals surface area contributed by atoms with Gasteiger partial charge in [0.2, 0.25) is 0 Å². The van der Waals surface area contributed by atoms with Gasteiger partial charge in [-0.05, 0) is 44.3 Å². The van der Waals surface area contributed by atoms with Crippen molar-refractivity contribution < 1.29 is 0 Å². The normalized spacial score (nSPS) is 19.1. The van der Waals surface area contributed by atoms with E-state index in [4.69, 9.17) is 5.73 Å². The molecule has 0 bridgehead atoms. The van der Waals surface area contributed by atoms with Crippen LogP contribution in [0, 0.1) is 12.8 Å². The quantitative estimate of drug-likeness (QED) is 0.822. The summed E-state index contributed by atoms with van der Waals surface area (Å²) < 4.78 is 2.08. The van der Waals surface area contributed by atoms with Crippen molar-refractivity contribution in [1.82, 2.24) is 14.7 Å². The number of likely N-dealkylation sites (tertiary alicyclic amines) is 1. The molecule has 0 aromatic carbocycles. The zero-order valence-electron chi connectivity index (χ0n) is 10.1. The summed E-state index contributed by atoms with van der Waals surface area (Å²) in [6.07, 6.45) is 6.62. The molecule has 2 rings (SSSR count). The highest BCUT2D eigenvalue weighted by Crippen LogP contribution is 2.18. The second-order valence-corrected chi connectivity index (χ2v) is 4.81. The minimum absolute atomic E-state index is 0.781. The first-order valence-electron chi connectivity index (χ1n) is 6.19. The van der Waals surface area contributed by atoms with E-state index < -0.39 is 0 Å². The SMILES string of the molecule is Cc1cnn(CC2CCN(CCN)CC2)c1. The molecule has 90 valence electrons. The fraction of sp³-hybridized carbons (Fsp3) is 0.750. The van der Waals surface area contributed by atoms with E-state index >= 15 is 0 Å². The van der Waals surface area contributed by atoms with Crippen LogP contribution in [0.4, 0.5) is 0 Å². The number of hydrogen-bond acceptors (Lipinski definition) is 3. The second kappa shape index (κ2) is 5.46. The Morgan fingerprint density at radius 3 is 2.75 bits per heavy atom. The minimum Gasteiger partial charge on any atom is -0.329 e. The van der Waals surface area contributed by atoms with E-state index in [2.05, 4.69) is 27.8 Å². The van der Waals surface area contributed by atoms with Crippen LogP contribution in [0.2, 0.25) is 0 Å². The predicted molar refractivity (Wildman–Crippen MR) is 65.2 cm³/mol. The number of piperidine rings is 1. The van der Waals surface area contributed by atoms with Crippen LogP contribution in [0.5, 0.6) is 0 Å². The first kappa shape index (κ1) is 11.6. The first-order valence-corrected chi connectivity index (χ1v) is 6.19. The van der Waals surface area contributed by atoms with Crippen LogP contribution in [0.1, 0.15) is 18.4 Å². The van der Waals surface area contributed by atoms with Gasteiger partial charge in [-0.25, -0.2) is 0 Å². The van der Waals surface area contributed by atoms with Gasteiger partial charge >= 0.3 is 0 Å². The monoisotopic (exact) mass is 222 g/mol. The number of aryl methyl sites for hydroxylation is 1. The van der Waals surface area contributed by atoms with E-state index in [1.54, 1.807) is 0 Å². The van der Waals surface area contributed by atoms with E-state index in [1.807, 2.05) is 6.20 Å². The highest BCUT2D eigenvalue weighted by molar-refractivity contribution is 4.99. The van der Waals surface area contributed by atoms with Gasteiger partial charge in [0.15, 0.2) is 0 Å². The highest BCUT2D eigenvalue weighted by atomic mass is 15.3. The van der Waals surface area contributed by atoms with Crippen LogP contribution in [0.3, 0.4) is 0 Å². The maximum atomic E-state index is 5.56. The van der Waals surface area contributed by atoms with E-state index in [9.17, 15) is 0 Å². The van der Waals surface area contributed by atoms with Gasteiger partial charge in [-0.3, -0.25) is 4.68 Å². The van der Waals surface area contributed by atoms with E-state index in [0.29, 0.717) is 0 Å². The molecule has 0 amide bonds. The highest BCUT2D eigenvalue weighted by Gasteiger charge is 2.18. The largest absolute Gasteiger partial charge is 0.329 e. The number of hydrogen-bond donors (Lipinski definition) is 1. The molecule has 1 aromatic heterocycles. The number of rotatable bonds is 4. The van der Waals surface area contributed by atoms with Crippen molar-refractivity contribution in [2.45, 2.75) is 26.3 Å². The van der Waals surface area contributed by atoms with Gasteiger partial charge in [0.25, 0.3) is 0 Å². The molecule has 2 N–H and O–H groups in total. The Morgan fingerprint density at radius 1 is 1.44 bits per heavy atom. The van der Waals surface area contributed by atoms with E-state index in [-0.39, 0.29) is 0 Å². The Labute approximate surface area is 97.4 Å². The van der Waals surface area contributed by atoms with Gasteiger partial charge in [-0.2, -0.15) is 5.10 Å². The van der Waals surface area contributed by atoms with Crippen LogP contribution in [0.25, 0.3) is 0 Å². The second-order valence-electron chi connectivity index (χ2n) is 4.81. The summed E-state index contributed by atoms with van der Waals surface area (Å²) >= 11 is 0. The molecule has 0 spiro atoms. The fourth-order valence-electron chi connectivity index (χ4n) is 2.41. The third-order valence-electron chi connectivity index (χ3n) is 3.36. The minimum atomic E-state index is 0.781. The third-order valence-corrected chi connectivity index (χ3v) is 3.36. The molecule has 0 radical (unpaired) electrons. The number of nitrogens with zero attached hydrogens (tertiary/aromatic N) is 3. The average Bonchev–Trinajstić information content (AvgIpc) is 2.67. The van der Waals surface area contributed by atoms with Gasteiger partial charge in [-0.15, -0.1) is 0 Å². The van der Waals surface area contributed by atoms with Gasteiger partial charge in [0.1, 0.15) is 0 Å².